The molecule has 1 aliphatic heterocycles. The van der Waals surface area contributed by atoms with Gasteiger partial charge in [-0.3, -0.25) is 0 Å². The van der Waals surface area contributed by atoms with Crippen LogP contribution in [0.5, 0.6) is 0 Å². The molecule has 0 bridgehead atoms. The van der Waals surface area contributed by atoms with Crippen LogP contribution in [0.2, 0.25) is 0 Å². The minimum atomic E-state index is 0.749. The molecule has 1 heterocycles. The van der Waals surface area contributed by atoms with Crippen molar-refractivity contribution in [1.82, 2.24) is 5.32 Å². The second kappa shape index (κ2) is 7.65. The van der Waals surface area contributed by atoms with Gasteiger partial charge in [-0.1, -0.05) is 39.0 Å². The summed E-state index contributed by atoms with van der Waals surface area (Å²) in [5.41, 5.74) is 0. The Morgan fingerprint density at radius 2 is 2.00 bits per heavy atom. The van der Waals surface area contributed by atoms with E-state index in [0.717, 1.165) is 25.7 Å². The van der Waals surface area contributed by atoms with E-state index in [0.29, 0.717) is 0 Å². The van der Waals surface area contributed by atoms with Gasteiger partial charge in [0.2, 0.25) is 0 Å². The number of hydrogen-bond donors (Lipinski definition) is 1. The Morgan fingerprint density at radius 1 is 1.21 bits per heavy atom. The van der Waals surface area contributed by atoms with Crippen LogP contribution < -0.4 is 5.32 Å². The third kappa shape index (κ3) is 5.10. The number of ether oxygens (including phenoxy) is 1. The maximum Gasteiger partial charge on any atom is 0.284 e. The highest BCUT2D eigenvalue weighted by molar-refractivity contribution is 5.74. The Bertz CT molecular complexity index is 169. The lowest BCUT2D eigenvalue weighted by molar-refractivity contribution is 0.331. The zero-order chi connectivity index (χ0) is 10.1. The lowest BCUT2D eigenvalue weighted by atomic mass is 10.1. The molecule has 0 aromatic rings. The third-order valence-electron chi connectivity index (χ3n) is 2.39. The first-order valence-electron chi connectivity index (χ1n) is 5.84. The van der Waals surface area contributed by atoms with E-state index in [2.05, 4.69) is 17.2 Å². The molecule has 0 saturated carbocycles. The molecule has 0 saturated heterocycles. The summed E-state index contributed by atoms with van der Waals surface area (Å²) in [6, 6.07) is 0.749. The van der Waals surface area contributed by atoms with Gasteiger partial charge in [0.05, 0.1) is 6.54 Å². The number of hydrogen-bond acceptors (Lipinski definition) is 3. The second-order valence-corrected chi connectivity index (χ2v) is 3.73. The Hall–Kier alpha value is -0.730. The zero-order valence-electron chi connectivity index (χ0n) is 9.22. The van der Waals surface area contributed by atoms with Gasteiger partial charge in [-0.05, 0) is 6.42 Å². The van der Waals surface area contributed by atoms with Gasteiger partial charge in [-0.2, -0.15) is 0 Å². The SMILES string of the molecule is CCCCCCCCNC1=NCCO1. The normalized spacial score (nSPS) is 15.1. The average Bonchev–Trinajstić information content (AvgIpc) is 2.69. The van der Waals surface area contributed by atoms with Crippen LogP contribution in [0, 0.1) is 0 Å². The van der Waals surface area contributed by atoms with E-state index in [1.165, 1.54) is 38.5 Å². The van der Waals surface area contributed by atoms with Crippen molar-refractivity contribution in [2.45, 2.75) is 45.4 Å². The molecule has 0 aromatic heterocycles. The predicted molar refractivity (Wildman–Crippen MR) is 59.6 cm³/mol. The number of nitrogens with zero attached hydrogens (tertiary/aromatic N) is 1. The largest absolute Gasteiger partial charge is 0.463 e. The van der Waals surface area contributed by atoms with Crippen LogP contribution in [0.25, 0.3) is 0 Å². The molecule has 0 amide bonds. The van der Waals surface area contributed by atoms with E-state index in [4.69, 9.17) is 4.74 Å². The summed E-state index contributed by atoms with van der Waals surface area (Å²) in [5.74, 6) is 0. The molecule has 3 nitrogen and oxygen atoms in total. The molecule has 1 rings (SSSR count). The fraction of sp³-hybridized carbons (Fsp3) is 0.909. The lowest BCUT2D eigenvalue weighted by Gasteiger charge is -2.04. The molecule has 0 radical (unpaired) electrons. The van der Waals surface area contributed by atoms with Gasteiger partial charge in [0.1, 0.15) is 6.61 Å². The quantitative estimate of drug-likeness (QED) is 0.637. The topological polar surface area (TPSA) is 33.6 Å². The van der Waals surface area contributed by atoms with Gasteiger partial charge in [-0.15, -0.1) is 0 Å². The van der Waals surface area contributed by atoms with Crippen LogP contribution in [0.4, 0.5) is 0 Å². The van der Waals surface area contributed by atoms with Crippen LogP contribution >= 0.6 is 0 Å². The van der Waals surface area contributed by atoms with Crippen molar-refractivity contribution >= 4 is 6.02 Å². The molecular weight excluding hydrogens is 176 g/mol. The van der Waals surface area contributed by atoms with Crippen molar-refractivity contribution in [3.05, 3.63) is 0 Å². The van der Waals surface area contributed by atoms with Gasteiger partial charge >= 0.3 is 0 Å². The van der Waals surface area contributed by atoms with Crippen molar-refractivity contribution in [3.63, 3.8) is 0 Å². The summed E-state index contributed by atoms with van der Waals surface area (Å²) in [4.78, 5) is 4.17. The van der Waals surface area contributed by atoms with E-state index >= 15 is 0 Å². The highest BCUT2D eigenvalue weighted by atomic mass is 16.5. The van der Waals surface area contributed by atoms with E-state index in [1.54, 1.807) is 0 Å². The van der Waals surface area contributed by atoms with Crippen molar-refractivity contribution in [2.75, 3.05) is 19.7 Å². The highest BCUT2D eigenvalue weighted by Crippen LogP contribution is 2.04. The fourth-order valence-corrected chi connectivity index (χ4v) is 1.54. The molecule has 1 aliphatic rings. The summed E-state index contributed by atoms with van der Waals surface area (Å²) in [7, 11) is 0. The second-order valence-electron chi connectivity index (χ2n) is 3.73. The van der Waals surface area contributed by atoms with Gasteiger partial charge in [0.15, 0.2) is 0 Å². The Balaban J connectivity index is 1.80. The first kappa shape index (κ1) is 11.3. The fourth-order valence-electron chi connectivity index (χ4n) is 1.54. The first-order chi connectivity index (χ1) is 6.93. The smallest absolute Gasteiger partial charge is 0.284 e. The minimum absolute atomic E-state index is 0.749. The summed E-state index contributed by atoms with van der Waals surface area (Å²) in [6.07, 6.45) is 8.00. The van der Waals surface area contributed by atoms with Gasteiger partial charge < -0.3 is 10.1 Å². The molecule has 1 N–H and O–H groups in total. The van der Waals surface area contributed by atoms with Crippen molar-refractivity contribution < 1.29 is 4.74 Å². The number of unbranched alkanes of at least 4 members (excludes halogenated alkanes) is 5. The van der Waals surface area contributed by atoms with Crippen LogP contribution in [-0.2, 0) is 4.74 Å². The maximum atomic E-state index is 5.24. The average molecular weight is 198 g/mol. The maximum absolute atomic E-state index is 5.24. The molecule has 0 aromatic carbocycles. The standard InChI is InChI=1S/C11H22N2O/c1-2-3-4-5-6-7-8-12-11-13-9-10-14-11/h2-10H2,1H3,(H,12,13). The molecule has 82 valence electrons. The number of aliphatic imine (C=N–C) groups is 1. The summed E-state index contributed by atoms with van der Waals surface area (Å²) in [5, 5.41) is 3.20. The zero-order valence-corrected chi connectivity index (χ0v) is 9.22. The minimum Gasteiger partial charge on any atom is -0.463 e. The summed E-state index contributed by atoms with van der Waals surface area (Å²) >= 11 is 0. The lowest BCUT2D eigenvalue weighted by Crippen LogP contribution is -2.24. The van der Waals surface area contributed by atoms with Gasteiger partial charge in [0.25, 0.3) is 6.02 Å². The molecule has 0 unspecified atom stereocenters. The van der Waals surface area contributed by atoms with Crippen molar-refractivity contribution in [1.29, 1.82) is 0 Å². The number of nitrogens with one attached hydrogen (secondary N) is 1. The van der Waals surface area contributed by atoms with E-state index < -0.39 is 0 Å². The molecule has 3 heteroatoms. The monoisotopic (exact) mass is 198 g/mol. The van der Waals surface area contributed by atoms with Crippen LogP contribution in [-0.4, -0.2) is 25.7 Å². The van der Waals surface area contributed by atoms with Crippen molar-refractivity contribution in [3.8, 4) is 0 Å². The van der Waals surface area contributed by atoms with Gasteiger partial charge in [-0.25, -0.2) is 4.99 Å². The predicted octanol–water partition coefficient (Wildman–Crippen LogP) is 2.32. The van der Waals surface area contributed by atoms with Gasteiger partial charge in [0, 0.05) is 6.54 Å². The Morgan fingerprint density at radius 3 is 2.71 bits per heavy atom. The van der Waals surface area contributed by atoms with Crippen LogP contribution in [0.3, 0.4) is 0 Å². The summed E-state index contributed by atoms with van der Waals surface area (Å²) < 4.78 is 5.24. The van der Waals surface area contributed by atoms with E-state index in [9.17, 15) is 0 Å². The van der Waals surface area contributed by atoms with E-state index in [-0.39, 0.29) is 0 Å². The molecule has 0 atom stereocenters. The Kier molecular flexibility index (Phi) is 6.20. The van der Waals surface area contributed by atoms with Crippen LogP contribution in [0.15, 0.2) is 4.99 Å². The molecule has 0 spiro atoms. The highest BCUT2D eigenvalue weighted by Gasteiger charge is 2.04. The van der Waals surface area contributed by atoms with Crippen LogP contribution in [0.1, 0.15) is 45.4 Å². The number of amidine groups is 1. The first-order valence-corrected chi connectivity index (χ1v) is 5.84. The van der Waals surface area contributed by atoms with E-state index in [1.807, 2.05) is 0 Å². The summed E-state index contributed by atoms with van der Waals surface area (Å²) in [6.45, 7) is 4.82. The molecule has 0 fully saturated rings. The number of rotatable bonds is 7. The Labute approximate surface area is 86.9 Å². The molecular formula is C11H22N2O. The molecule has 14 heavy (non-hydrogen) atoms. The van der Waals surface area contributed by atoms with Crippen molar-refractivity contribution in [2.24, 2.45) is 4.99 Å². The molecule has 0 aliphatic carbocycles. The third-order valence-corrected chi connectivity index (χ3v) is 2.39.